The normalized spacial score (nSPS) is 10.8. The molecule has 2 heterocycles. The number of rotatable bonds is 2. The molecule has 0 aliphatic rings. The van der Waals surface area contributed by atoms with Gasteiger partial charge in [0.1, 0.15) is 5.82 Å². The number of hydrogen-bond acceptors (Lipinski definition) is 3. The van der Waals surface area contributed by atoms with Gasteiger partial charge in [-0.3, -0.25) is 9.67 Å². The molecule has 2 aromatic heterocycles. The number of nitrogen functional groups attached to an aromatic ring is 1. The smallest absolute Gasteiger partial charge is 0.332 e. The van der Waals surface area contributed by atoms with Crippen LogP contribution in [0.25, 0.3) is 16.8 Å². The van der Waals surface area contributed by atoms with E-state index < -0.39 is 0 Å². The number of aryl methyl sites for hydroxylation is 1. The van der Waals surface area contributed by atoms with Crippen LogP contribution in [0.4, 0.5) is 5.82 Å². The van der Waals surface area contributed by atoms with E-state index in [4.69, 9.17) is 5.73 Å². The van der Waals surface area contributed by atoms with E-state index >= 15 is 0 Å². The number of hydrogen-bond donors (Lipinski definition) is 2. The lowest BCUT2D eigenvalue weighted by atomic mass is 10.1. The van der Waals surface area contributed by atoms with E-state index in [1.54, 1.807) is 30.2 Å². The predicted molar refractivity (Wildman–Crippen MR) is 73.0 cm³/mol. The fourth-order valence-electron chi connectivity index (χ4n) is 2.01. The monoisotopic (exact) mass is 255 g/mol. The minimum atomic E-state index is -0.0858. The Balaban J connectivity index is 2.13. The van der Waals surface area contributed by atoms with Crippen molar-refractivity contribution >= 4 is 5.82 Å². The molecular weight excluding hydrogens is 242 g/mol. The molecule has 0 saturated carbocycles. The van der Waals surface area contributed by atoms with Crippen LogP contribution in [0.3, 0.4) is 0 Å². The highest BCUT2D eigenvalue weighted by atomic mass is 16.1. The van der Waals surface area contributed by atoms with Gasteiger partial charge in [-0.1, -0.05) is 12.1 Å². The highest BCUT2D eigenvalue weighted by Gasteiger charge is 2.07. The van der Waals surface area contributed by atoms with Gasteiger partial charge in [0.15, 0.2) is 0 Å². The molecule has 0 fully saturated rings. The van der Waals surface area contributed by atoms with Gasteiger partial charge in [-0.2, -0.15) is 5.10 Å². The van der Waals surface area contributed by atoms with Crippen LogP contribution in [0.1, 0.15) is 0 Å². The maximum Gasteiger partial charge on any atom is 0.332 e. The van der Waals surface area contributed by atoms with Gasteiger partial charge in [-0.05, 0) is 17.7 Å². The molecular formula is C13H13N5O. The van der Waals surface area contributed by atoms with Crippen LogP contribution >= 0.6 is 0 Å². The van der Waals surface area contributed by atoms with Gasteiger partial charge in [-0.15, -0.1) is 0 Å². The molecule has 0 radical (unpaired) electrons. The summed E-state index contributed by atoms with van der Waals surface area (Å²) in [5, 5.41) is 6.60. The van der Waals surface area contributed by atoms with Crippen molar-refractivity contribution in [1.82, 2.24) is 19.3 Å². The standard InChI is InChI=1S/C13H13N5O/c1-17-5-6-18(13(17)19)10-4-2-3-9(7-10)11-8-15-16-12(11)14/h2-8H,1H3,(H3,14,15,16). The van der Waals surface area contributed by atoms with Crippen molar-refractivity contribution in [3.8, 4) is 16.8 Å². The minimum Gasteiger partial charge on any atom is -0.384 e. The first-order chi connectivity index (χ1) is 9.16. The first kappa shape index (κ1) is 11.3. The van der Waals surface area contributed by atoms with Crippen LogP contribution in [0.2, 0.25) is 0 Å². The number of anilines is 1. The largest absolute Gasteiger partial charge is 0.384 e. The number of imidazole rings is 1. The first-order valence-corrected chi connectivity index (χ1v) is 5.80. The minimum absolute atomic E-state index is 0.0858. The van der Waals surface area contributed by atoms with Gasteiger partial charge in [0.25, 0.3) is 0 Å². The molecule has 0 atom stereocenters. The zero-order chi connectivity index (χ0) is 13.4. The number of nitrogens with one attached hydrogen (secondary N) is 1. The van der Waals surface area contributed by atoms with Gasteiger partial charge < -0.3 is 10.3 Å². The van der Waals surface area contributed by atoms with Crippen LogP contribution in [0.5, 0.6) is 0 Å². The molecule has 3 aromatic rings. The second kappa shape index (κ2) is 4.16. The summed E-state index contributed by atoms with van der Waals surface area (Å²) in [6, 6.07) is 7.60. The summed E-state index contributed by atoms with van der Waals surface area (Å²) in [4.78, 5) is 11.9. The topological polar surface area (TPSA) is 81.6 Å². The van der Waals surface area contributed by atoms with Crippen molar-refractivity contribution in [2.45, 2.75) is 0 Å². The Morgan fingerprint density at radius 1 is 1.32 bits per heavy atom. The summed E-state index contributed by atoms with van der Waals surface area (Å²) in [6.45, 7) is 0. The van der Waals surface area contributed by atoms with Crippen molar-refractivity contribution < 1.29 is 0 Å². The molecule has 0 spiro atoms. The summed E-state index contributed by atoms with van der Waals surface area (Å²) in [5.41, 5.74) is 8.25. The fraction of sp³-hybridized carbons (Fsp3) is 0.0769. The van der Waals surface area contributed by atoms with Crippen LogP contribution in [-0.2, 0) is 7.05 Å². The second-order valence-electron chi connectivity index (χ2n) is 4.31. The summed E-state index contributed by atoms with van der Waals surface area (Å²) < 4.78 is 3.11. The average Bonchev–Trinajstić information content (AvgIpc) is 2.98. The summed E-state index contributed by atoms with van der Waals surface area (Å²) in [7, 11) is 1.72. The molecule has 3 rings (SSSR count). The van der Waals surface area contributed by atoms with E-state index in [0.717, 1.165) is 16.8 Å². The van der Waals surface area contributed by atoms with Gasteiger partial charge in [0.05, 0.1) is 11.9 Å². The lowest BCUT2D eigenvalue weighted by Gasteiger charge is -2.04. The molecule has 6 nitrogen and oxygen atoms in total. The molecule has 3 N–H and O–H groups in total. The Morgan fingerprint density at radius 2 is 2.16 bits per heavy atom. The zero-order valence-corrected chi connectivity index (χ0v) is 10.4. The lowest BCUT2D eigenvalue weighted by Crippen LogP contribution is -2.20. The van der Waals surface area contributed by atoms with E-state index in [-0.39, 0.29) is 5.69 Å². The Morgan fingerprint density at radius 3 is 2.79 bits per heavy atom. The third kappa shape index (κ3) is 1.83. The van der Waals surface area contributed by atoms with E-state index in [0.29, 0.717) is 5.82 Å². The van der Waals surface area contributed by atoms with Crippen molar-refractivity contribution in [3.05, 3.63) is 53.3 Å². The van der Waals surface area contributed by atoms with E-state index in [9.17, 15) is 4.79 Å². The Labute approximate surface area is 109 Å². The molecule has 19 heavy (non-hydrogen) atoms. The van der Waals surface area contributed by atoms with Crippen LogP contribution in [-0.4, -0.2) is 19.3 Å². The van der Waals surface area contributed by atoms with Crippen LogP contribution < -0.4 is 11.4 Å². The van der Waals surface area contributed by atoms with Gasteiger partial charge in [0.2, 0.25) is 0 Å². The molecule has 6 heteroatoms. The molecule has 96 valence electrons. The highest BCUT2D eigenvalue weighted by Crippen LogP contribution is 2.25. The van der Waals surface area contributed by atoms with Crippen molar-refractivity contribution in [1.29, 1.82) is 0 Å². The number of nitrogens with zero attached hydrogens (tertiary/aromatic N) is 3. The molecule has 1 aromatic carbocycles. The molecule has 0 aliphatic heterocycles. The molecule has 0 aliphatic carbocycles. The summed E-state index contributed by atoms with van der Waals surface area (Å²) in [6.07, 6.45) is 5.13. The Bertz CT molecular complexity index is 780. The zero-order valence-electron chi connectivity index (χ0n) is 10.4. The number of H-pyrrole nitrogens is 1. The Kier molecular flexibility index (Phi) is 2.49. The molecule has 0 saturated heterocycles. The van der Waals surface area contributed by atoms with Crippen LogP contribution in [0, 0.1) is 0 Å². The third-order valence-electron chi connectivity index (χ3n) is 3.05. The highest BCUT2D eigenvalue weighted by molar-refractivity contribution is 5.74. The maximum atomic E-state index is 11.9. The lowest BCUT2D eigenvalue weighted by molar-refractivity contribution is 0.824. The summed E-state index contributed by atoms with van der Waals surface area (Å²) >= 11 is 0. The number of nitrogens with two attached hydrogens (primary N) is 1. The van der Waals surface area contributed by atoms with E-state index in [2.05, 4.69) is 10.2 Å². The van der Waals surface area contributed by atoms with Crippen molar-refractivity contribution in [3.63, 3.8) is 0 Å². The molecule has 0 bridgehead atoms. The second-order valence-corrected chi connectivity index (χ2v) is 4.31. The fourth-order valence-corrected chi connectivity index (χ4v) is 2.01. The first-order valence-electron chi connectivity index (χ1n) is 5.80. The third-order valence-corrected chi connectivity index (χ3v) is 3.05. The predicted octanol–water partition coefficient (Wildman–Crippen LogP) is 1.15. The number of aromatic nitrogens is 4. The van der Waals surface area contributed by atoms with Gasteiger partial charge >= 0.3 is 5.69 Å². The van der Waals surface area contributed by atoms with Gasteiger partial charge in [-0.25, -0.2) is 4.79 Å². The molecule has 0 amide bonds. The van der Waals surface area contributed by atoms with E-state index in [1.807, 2.05) is 24.3 Å². The summed E-state index contributed by atoms with van der Waals surface area (Å²) in [5.74, 6) is 0.512. The SMILES string of the molecule is Cn1ccn(-c2cccc(-c3cn[nH]c3N)c2)c1=O. The van der Waals surface area contributed by atoms with E-state index in [1.165, 1.54) is 4.57 Å². The van der Waals surface area contributed by atoms with Crippen molar-refractivity contribution in [2.24, 2.45) is 7.05 Å². The van der Waals surface area contributed by atoms with Crippen molar-refractivity contribution in [2.75, 3.05) is 5.73 Å². The Hall–Kier alpha value is -2.76. The number of benzene rings is 1. The van der Waals surface area contributed by atoms with Crippen LogP contribution in [0.15, 0.2) is 47.7 Å². The van der Waals surface area contributed by atoms with Gasteiger partial charge in [0, 0.05) is 25.0 Å². The number of aromatic amines is 1. The quantitative estimate of drug-likeness (QED) is 0.720. The molecule has 0 unspecified atom stereocenters. The average molecular weight is 255 g/mol. The maximum absolute atomic E-state index is 11.9.